The van der Waals surface area contributed by atoms with E-state index in [-0.39, 0.29) is 0 Å². The molecule has 0 unspecified atom stereocenters. The molecule has 122 valence electrons. The van der Waals surface area contributed by atoms with Crippen molar-refractivity contribution in [3.05, 3.63) is 53.8 Å². The van der Waals surface area contributed by atoms with Crippen LogP contribution >= 0.6 is 0 Å². The Hall–Kier alpha value is -1.49. The van der Waals surface area contributed by atoms with E-state index in [1.807, 2.05) is 0 Å². The molecule has 0 N–H and O–H groups in total. The number of hydrogen-bond acceptors (Lipinski definition) is 7. The molecule has 1 rings (SSSR count). The molecule has 0 saturated heterocycles. The van der Waals surface area contributed by atoms with Crippen molar-refractivity contribution >= 4 is 29.8 Å². The average molecular weight is 365 g/mol. The Morgan fingerprint density at radius 3 is 1.73 bits per heavy atom. The lowest BCUT2D eigenvalue weighted by Crippen LogP contribution is -2.39. The van der Waals surface area contributed by atoms with Gasteiger partial charge in [0.1, 0.15) is 10.1 Å². The Bertz CT molecular complexity index is 885. The molecule has 0 aliphatic heterocycles. The van der Waals surface area contributed by atoms with Gasteiger partial charge in [0, 0.05) is 16.4 Å². The van der Waals surface area contributed by atoms with Gasteiger partial charge < -0.3 is 4.55 Å². The number of benzene rings is 1. The Morgan fingerprint density at radius 1 is 0.955 bits per heavy atom. The molecule has 0 atom stereocenters. The van der Waals surface area contributed by atoms with Crippen molar-refractivity contribution in [2.75, 3.05) is 0 Å². The van der Waals surface area contributed by atoms with Crippen molar-refractivity contribution in [1.29, 1.82) is 0 Å². The first-order chi connectivity index (χ1) is 9.85. The van der Waals surface area contributed by atoms with Gasteiger partial charge in [0.05, 0.1) is 4.90 Å². The molecule has 1 aromatic rings. The lowest BCUT2D eigenvalue weighted by molar-refractivity contribution is 0.461. The largest absolute Gasteiger partial charge is 0.744 e. The second-order valence-corrected chi connectivity index (χ2v) is 10.4. The normalized spacial score (nSPS) is 13.5. The van der Waals surface area contributed by atoms with Crippen LogP contribution in [0.2, 0.25) is 0 Å². The van der Waals surface area contributed by atoms with Gasteiger partial charge in [-0.05, 0) is 13.0 Å². The van der Waals surface area contributed by atoms with Gasteiger partial charge in [-0.25, -0.2) is 25.3 Å². The first kappa shape index (κ1) is 18.6. The van der Waals surface area contributed by atoms with E-state index in [1.54, 1.807) is 0 Å². The molecule has 0 aliphatic rings. The summed E-state index contributed by atoms with van der Waals surface area (Å²) in [6, 6.07) is 4.19. The molecule has 0 heterocycles. The smallest absolute Gasteiger partial charge is 0.204 e. The number of sulfone groups is 2. The lowest BCUT2D eigenvalue weighted by atomic mass is 10.1. The van der Waals surface area contributed by atoms with Crippen molar-refractivity contribution in [3.8, 4) is 0 Å². The van der Waals surface area contributed by atoms with E-state index < -0.39 is 44.3 Å². The summed E-state index contributed by atoms with van der Waals surface area (Å²) in [6.45, 7) is 6.88. The minimum absolute atomic E-state index is 0.391. The van der Waals surface area contributed by atoms with E-state index in [0.717, 1.165) is 19.1 Å². The molecule has 7 nitrogen and oxygen atoms in total. The van der Waals surface area contributed by atoms with Crippen LogP contribution in [0.4, 0.5) is 0 Å². The molecule has 0 aromatic heterocycles. The van der Waals surface area contributed by atoms with Gasteiger partial charge in [-0.2, -0.15) is 0 Å². The zero-order valence-corrected chi connectivity index (χ0v) is 13.9. The van der Waals surface area contributed by atoms with Crippen molar-refractivity contribution < 1.29 is 29.8 Å². The fourth-order valence-electron chi connectivity index (χ4n) is 1.85. The molecule has 0 amide bonds. The summed E-state index contributed by atoms with van der Waals surface area (Å²) in [7, 11) is -14.2. The molecule has 1 aromatic carbocycles. The molecule has 0 aliphatic carbocycles. The van der Waals surface area contributed by atoms with Crippen LogP contribution < -0.4 is 0 Å². The SMILES string of the molecule is C=CS(=O)(=O)C(C)(c1ccccc1S(=O)(=O)[O-])S(=O)(=O)C=C. The van der Waals surface area contributed by atoms with E-state index in [1.165, 1.54) is 12.1 Å². The standard InChI is InChI=1S/C12H14O7S3/c1-4-20(13,14)12(3,21(15,16)5-2)10-8-6-7-9-11(10)22(17,18)19/h4-9H,1-2H2,3H3,(H,17,18,19)/p-1. The Kier molecular flexibility index (Phi) is 4.73. The van der Waals surface area contributed by atoms with Crippen LogP contribution in [-0.4, -0.2) is 29.8 Å². The van der Waals surface area contributed by atoms with Gasteiger partial charge in [0.25, 0.3) is 0 Å². The van der Waals surface area contributed by atoms with Gasteiger partial charge >= 0.3 is 0 Å². The average Bonchev–Trinajstić information content (AvgIpc) is 2.45. The number of hydrogen-bond donors (Lipinski definition) is 0. The van der Waals surface area contributed by atoms with Crippen molar-refractivity contribution in [2.24, 2.45) is 0 Å². The summed E-state index contributed by atoms with van der Waals surface area (Å²) in [5.41, 5.74) is -0.676. The quantitative estimate of drug-likeness (QED) is 0.685. The van der Waals surface area contributed by atoms with E-state index in [9.17, 15) is 29.8 Å². The first-order valence-corrected chi connectivity index (χ1v) is 10.1. The van der Waals surface area contributed by atoms with E-state index in [2.05, 4.69) is 13.2 Å². The second-order valence-electron chi connectivity index (χ2n) is 4.32. The highest BCUT2D eigenvalue weighted by Gasteiger charge is 2.51. The number of rotatable bonds is 6. The predicted molar refractivity (Wildman–Crippen MR) is 80.0 cm³/mol. The predicted octanol–water partition coefficient (Wildman–Crippen LogP) is 0.880. The maximum absolute atomic E-state index is 12.3. The van der Waals surface area contributed by atoms with E-state index in [4.69, 9.17) is 0 Å². The molecule has 10 heteroatoms. The maximum atomic E-state index is 12.3. The molecular weight excluding hydrogens is 352 g/mol. The summed E-state index contributed by atoms with van der Waals surface area (Å²) in [5, 5.41) is 0.782. The Balaban J connectivity index is 4.12. The third-order valence-electron chi connectivity index (χ3n) is 3.17. The van der Waals surface area contributed by atoms with Crippen molar-refractivity contribution in [2.45, 2.75) is 15.9 Å². The van der Waals surface area contributed by atoms with Gasteiger partial charge in [-0.3, -0.25) is 0 Å². The van der Waals surface area contributed by atoms with Crippen LogP contribution in [-0.2, 0) is 33.9 Å². The maximum Gasteiger partial charge on any atom is 0.204 e. The molecule has 22 heavy (non-hydrogen) atoms. The monoisotopic (exact) mass is 365 g/mol. The summed E-state index contributed by atoms with van der Waals surface area (Å²) in [5.74, 6) is 0. The van der Waals surface area contributed by atoms with Crippen LogP contribution in [0.15, 0.2) is 53.1 Å². The van der Waals surface area contributed by atoms with Crippen molar-refractivity contribution in [3.63, 3.8) is 0 Å². The highest BCUT2D eigenvalue weighted by atomic mass is 32.3. The third-order valence-corrected chi connectivity index (χ3v) is 8.95. The van der Waals surface area contributed by atoms with Gasteiger partial charge in [0.15, 0.2) is 19.7 Å². The van der Waals surface area contributed by atoms with Crippen LogP contribution in [0, 0.1) is 0 Å². The Morgan fingerprint density at radius 2 is 1.36 bits per heavy atom. The van der Waals surface area contributed by atoms with Gasteiger partial charge in [0.2, 0.25) is 4.08 Å². The summed E-state index contributed by atoms with van der Waals surface area (Å²) >= 11 is 0. The fourth-order valence-corrected chi connectivity index (χ4v) is 6.07. The van der Waals surface area contributed by atoms with Crippen molar-refractivity contribution in [1.82, 2.24) is 0 Å². The molecule has 0 fully saturated rings. The van der Waals surface area contributed by atoms with Crippen LogP contribution in [0.5, 0.6) is 0 Å². The summed E-state index contributed by atoms with van der Waals surface area (Å²) in [6.07, 6.45) is 0. The van der Waals surface area contributed by atoms with Gasteiger partial charge in [-0.1, -0.05) is 31.4 Å². The highest BCUT2D eigenvalue weighted by Crippen LogP contribution is 2.41. The first-order valence-electron chi connectivity index (χ1n) is 5.64. The fraction of sp³-hybridized carbons (Fsp3) is 0.167. The van der Waals surface area contributed by atoms with Crippen LogP contribution in [0.25, 0.3) is 0 Å². The summed E-state index contributed by atoms with van der Waals surface area (Å²) in [4.78, 5) is -0.937. The van der Waals surface area contributed by atoms with Crippen LogP contribution in [0.3, 0.4) is 0 Å². The zero-order valence-electron chi connectivity index (χ0n) is 11.5. The Labute approximate surface area is 129 Å². The highest BCUT2D eigenvalue weighted by molar-refractivity contribution is 8.12. The molecule has 0 bridgehead atoms. The molecular formula is C12H13O7S3-. The van der Waals surface area contributed by atoms with E-state index >= 15 is 0 Å². The lowest BCUT2D eigenvalue weighted by Gasteiger charge is -2.29. The molecule has 0 spiro atoms. The topological polar surface area (TPSA) is 125 Å². The minimum Gasteiger partial charge on any atom is -0.744 e. The second kappa shape index (κ2) is 5.61. The molecule has 0 saturated carbocycles. The van der Waals surface area contributed by atoms with Crippen LogP contribution in [0.1, 0.15) is 12.5 Å². The minimum atomic E-state index is -5.10. The zero-order chi connectivity index (χ0) is 17.4. The summed E-state index contributed by atoms with van der Waals surface area (Å²) < 4.78 is 80.3. The molecule has 0 radical (unpaired) electrons. The third kappa shape index (κ3) is 2.74. The van der Waals surface area contributed by atoms with E-state index in [0.29, 0.717) is 10.8 Å². The van der Waals surface area contributed by atoms with Gasteiger partial charge in [-0.15, -0.1) is 0 Å².